The topological polar surface area (TPSA) is 55.6 Å². The maximum Gasteiger partial charge on any atom is 0.239 e. The molecule has 19 heavy (non-hydrogen) atoms. The van der Waals surface area contributed by atoms with Crippen molar-refractivity contribution in [1.29, 1.82) is 0 Å². The van der Waals surface area contributed by atoms with Gasteiger partial charge in [0.15, 0.2) is 11.6 Å². The van der Waals surface area contributed by atoms with Crippen molar-refractivity contribution < 1.29 is 13.9 Å². The quantitative estimate of drug-likeness (QED) is 0.857. The van der Waals surface area contributed by atoms with Crippen LogP contribution in [0, 0.1) is 5.82 Å². The van der Waals surface area contributed by atoms with Crippen molar-refractivity contribution in [2.45, 2.75) is 32.4 Å². The smallest absolute Gasteiger partial charge is 0.239 e. The molecule has 0 aliphatic heterocycles. The monoisotopic (exact) mass is 268 g/mol. The third-order valence-corrected chi connectivity index (χ3v) is 2.93. The number of likely N-dealkylation sites (N-methyl/N-ethyl adjacent to an activating group) is 1. The number of hydrogen-bond donors (Lipinski definition) is 1. The number of carbonyl (C=O) groups is 1. The van der Waals surface area contributed by atoms with Gasteiger partial charge in [-0.2, -0.15) is 0 Å². The van der Waals surface area contributed by atoms with Crippen molar-refractivity contribution in [3.63, 3.8) is 0 Å². The number of methoxy groups -OCH3 is 1. The van der Waals surface area contributed by atoms with Crippen LogP contribution in [0.3, 0.4) is 0 Å². The van der Waals surface area contributed by atoms with E-state index in [1.807, 2.05) is 6.92 Å². The first kappa shape index (κ1) is 15.4. The van der Waals surface area contributed by atoms with Crippen LogP contribution in [-0.2, 0) is 11.3 Å². The second-order valence-corrected chi connectivity index (χ2v) is 4.56. The minimum Gasteiger partial charge on any atom is -0.494 e. The van der Waals surface area contributed by atoms with E-state index in [1.165, 1.54) is 18.1 Å². The van der Waals surface area contributed by atoms with Crippen molar-refractivity contribution in [2.24, 2.45) is 5.73 Å². The molecule has 1 aromatic carbocycles. The van der Waals surface area contributed by atoms with Crippen LogP contribution in [0.1, 0.15) is 25.3 Å². The van der Waals surface area contributed by atoms with Gasteiger partial charge in [-0.15, -0.1) is 0 Å². The lowest BCUT2D eigenvalue weighted by molar-refractivity contribution is -0.132. The number of benzene rings is 1. The molecule has 0 saturated heterocycles. The molecule has 1 rings (SSSR count). The van der Waals surface area contributed by atoms with Crippen LogP contribution in [0.2, 0.25) is 0 Å². The van der Waals surface area contributed by atoms with E-state index < -0.39 is 11.9 Å². The first-order valence-corrected chi connectivity index (χ1v) is 6.32. The molecule has 5 heteroatoms. The van der Waals surface area contributed by atoms with Crippen molar-refractivity contribution in [3.05, 3.63) is 29.6 Å². The van der Waals surface area contributed by atoms with Gasteiger partial charge in [0.25, 0.3) is 0 Å². The normalized spacial score (nSPS) is 12.1. The Morgan fingerprint density at radius 1 is 1.53 bits per heavy atom. The molecule has 0 aliphatic carbocycles. The van der Waals surface area contributed by atoms with Crippen LogP contribution in [0.4, 0.5) is 4.39 Å². The molecule has 4 nitrogen and oxygen atoms in total. The molecule has 0 saturated carbocycles. The Bertz CT molecular complexity index is 437. The average Bonchev–Trinajstić information content (AvgIpc) is 2.38. The Hall–Kier alpha value is -1.62. The number of hydrogen-bond acceptors (Lipinski definition) is 3. The first-order valence-electron chi connectivity index (χ1n) is 6.32. The summed E-state index contributed by atoms with van der Waals surface area (Å²) in [6.07, 6.45) is 1.51. The highest BCUT2D eigenvalue weighted by Crippen LogP contribution is 2.18. The van der Waals surface area contributed by atoms with Gasteiger partial charge in [-0.1, -0.05) is 19.4 Å². The number of nitrogens with two attached hydrogens (primary N) is 1. The fourth-order valence-corrected chi connectivity index (χ4v) is 1.88. The SMILES string of the molecule is CCCC(N)C(=O)N(C)Cc1ccc(OC)c(F)c1. The number of halogens is 1. The summed E-state index contributed by atoms with van der Waals surface area (Å²) < 4.78 is 18.4. The predicted octanol–water partition coefficient (Wildman–Crippen LogP) is 1.92. The molecule has 1 aromatic rings. The molecule has 0 aliphatic rings. The van der Waals surface area contributed by atoms with Crippen LogP contribution in [0.25, 0.3) is 0 Å². The largest absolute Gasteiger partial charge is 0.494 e. The van der Waals surface area contributed by atoms with E-state index >= 15 is 0 Å². The van der Waals surface area contributed by atoms with E-state index in [4.69, 9.17) is 10.5 Å². The van der Waals surface area contributed by atoms with Gasteiger partial charge in [0.05, 0.1) is 13.2 Å². The van der Waals surface area contributed by atoms with Crippen molar-refractivity contribution in [1.82, 2.24) is 4.90 Å². The Kier molecular flexibility index (Phi) is 5.76. The second kappa shape index (κ2) is 7.09. The van der Waals surface area contributed by atoms with Crippen molar-refractivity contribution in [3.8, 4) is 5.75 Å². The van der Waals surface area contributed by atoms with Gasteiger partial charge in [-0.25, -0.2) is 4.39 Å². The molecule has 0 spiro atoms. The number of carbonyl (C=O) groups excluding carboxylic acids is 1. The molecular weight excluding hydrogens is 247 g/mol. The summed E-state index contributed by atoms with van der Waals surface area (Å²) in [6.45, 7) is 2.31. The van der Waals surface area contributed by atoms with E-state index in [0.29, 0.717) is 18.5 Å². The maximum absolute atomic E-state index is 13.5. The fraction of sp³-hybridized carbons (Fsp3) is 0.500. The zero-order valence-corrected chi connectivity index (χ0v) is 11.6. The summed E-state index contributed by atoms with van der Waals surface area (Å²) in [7, 11) is 3.08. The van der Waals surface area contributed by atoms with Gasteiger partial charge in [0.1, 0.15) is 0 Å². The lowest BCUT2D eigenvalue weighted by atomic mass is 10.1. The summed E-state index contributed by atoms with van der Waals surface area (Å²) in [4.78, 5) is 13.4. The summed E-state index contributed by atoms with van der Waals surface area (Å²) in [5.41, 5.74) is 6.48. The highest BCUT2D eigenvalue weighted by Gasteiger charge is 2.17. The van der Waals surface area contributed by atoms with Gasteiger partial charge < -0.3 is 15.4 Å². The molecule has 106 valence electrons. The number of amides is 1. The molecule has 1 unspecified atom stereocenters. The third kappa shape index (κ3) is 4.21. The highest BCUT2D eigenvalue weighted by atomic mass is 19.1. The summed E-state index contributed by atoms with van der Waals surface area (Å²) in [5, 5.41) is 0. The Morgan fingerprint density at radius 2 is 2.21 bits per heavy atom. The lowest BCUT2D eigenvalue weighted by Crippen LogP contribution is -2.41. The minimum absolute atomic E-state index is 0.127. The molecule has 1 atom stereocenters. The summed E-state index contributed by atoms with van der Waals surface area (Å²) in [5.74, 6) is -0.364. The average molecular weight is 268 g/mol. The molecule has 2 N–H and O–H groups in total. The Morgan fingerprint density at radius 3 is 2.74 bits per heavy atom. The van der Waals surface area contributed by atoms with Gasteiger partial charge in [-0.05, 0) is 24.1 Å². The standard InChI is InChI=1S/C14H21FN2O2/c1-4-5-12(16)14(18)17(2)9-10-6-7-13(19-3)11(15)8-10/h6-8,12H,4-5,9,16H2,1-3H3. The Labute approximate surface area is 113 Å². The van der Waals surface area contributed by atoms with Crippen molar-refractivity contribution in [2.75, 3.05) is 14.2 Å². The van der Waals surface area contributed by atoms with E-state index in [0.717, 1.165) is 6.42 Å². The number of rotatable bonds is 6. The Balaban J connectivity index is 2.68. The van der Waals surface area contributed by atoms with Crippen LogP contribution in [0.5, 0.6) is 5.75 Å². The minimum atomic E-state index is -0.488. The van der Waals surface area contributed by atoms with Crippen LogP contribution in [-0.4, -0.2) is 31.0 Å². The predicted molar refractivity (Wildman–Crippen MR) is 72.3 cm³/mol. The number of nitrogens with zero attached hydrogens (tertiary/aromatic N) is 1. The second-order valence-electron chi connectivity index (χ2n) is 4.56. The molecule has 1 amide bonds. The molecule has 0 aromatic heterocycles. The molecule has 0 radical (unpaired) electrons. The zero-order chi connectivity index (χ0) is 14.4. The summed E-state index contributed by atoms with van der Waals surface area (Å²) in [6, 6.07) is 4.16. The first-order chi connectivity index (χ1) is 8.99. The van der Waals surface area contributed by atoms with E-state index in [-0.39, 0.29) is 11.7 Å². The number of ether oxygens (including phenoxy) is 1. The van der Waals surface area contributed by atoms with Crippen LogP contribution in [0.15, 0.2) is 18.2 Å². The maximum atomic E-state index is 13.5. The van der Waals surface area contributed by atoms with E-state index in [2.05, 4.69) is 0 Å². The van der Waals surface area contributed by atoms with Crippen LogP contribution >= 0.6 is 0 Å². The van der Waals surface area contributed by atoms with Gasteiger partial charge in [-0.3, -0.25) is 4.79 Å². The fourth-order valence-electron chi connectivity index (χ4n) is 1.88. The van der Waals surface area contributed by atoms with Gasteiger partial charge in [0.2, 0.25) is 5.91 Å². The van der Waals surface area contributed by atoms with Crippen LogP contribution < -0.4 is 10.5 Å². The van der Waals surface area contributed by atoms with E-state index in [9.17, 15) is 9.18 Å². The van der Waals surface area contributed by atoms with Gasteiger partial charge >= 0.3 is 0 Å². The van der Waals surface area contributed by atoms with Gasteiger partial charge in [0, 0.05) is 13.6 Å². The summed E-state index contributed by atoms with van der Waals surface area (Å²) >= 11 is 0. The molecular formula is C14H21FN2O2. The lowest BCUT2D eigenvalue weighted by Gasteiger charge is -2.21. The molecule has 0 fully saturated rings. The third-order valence-electron chi connectivity index (χ3n) is 2.93. The highest BCUT2D eigenvalue weighted by molar-refractivity contribution is 5.81. The molecule has 0 heterocycles. The molecule has 0 bridgehead atoms. The zero-order valence-electron chi connectivity index (χ0n) is 11.6. The van der Waals surface area contributed by atoms with Crippen molar-refractivity contribution >= 4 is 5.91 Å². The van der Waals surface area contributed by atoms with E-state index in [1.54, 1.807) is 19.2 Å².